The van der Waals surface area contributed by atoms with E-state index < -0.39 is 6.10 Å². The Morgan fingerprint density at radius 1 is 0.929 bits per heavy atom. The molecule has 4 rings (SSSR count). The quantitative estimate of drug-likeness (QED) is 0.718. The first kappa shape index (κ1) is 17.8. The molecule has 1 aliphatic rings. The zero-order valence-electron chi connectivity index (χ0n) is 15.5. The largest absolute Gasteiger partial charge is 0.497 e. The van der Waals surface area contributed by atoms with E-state index in [1.807, 2.05) is 66.7 Å². The van der Waals surface area contributed by atoms with Crippen molar-refractivity contribution in [2.24, 2.45) is 5.16 Å². The zero-order chi connectivity index (χ0) is 19.3. The Labute approximate surface area is 163 Å². The molecule has 0 spiro atoms. The average Bonchev–Trinajstić information content (AvgIpc) is 3.25. The third-order valence-electron chi connectivity index (χ3n) is 4.64. The van der Waals surface area contributed by atoms with Crippen molar-refractivity contribution in [2.45, 2.75) is 12.5 Å². The van der Waals surface area contributed by atoms with Crippen molar-refractivity contribution in [1.29, 1.82) is 0 Å². The van der Waals surface area contributed by atoms with Gasteiger partial charge in [-0.05, 0) is 53.1 Å². The number of carbonyl (C=O) groups is 1. The van der Waals surface area contributed by atoms with Crippen LogP contribution in [0.3, 0.4) is 0 Å². The monoisotopic (exact) mass is 372 g/mol. The van der Waals surface area contributed by atoms with Gasteiger partial charge in [0.25, 0.3) is 5.91 Å². The number of methoxy groups -OCH3 is 1. The fourth-order valence-corrected chi connectivity index (χ4v) is 3.07. The maximum Gasteiger partial charge on any atom is 0.268 e. The SMILES string of the molecule is COc1ccc(C2=NO[C@H](C(=O)Nc3ccc(-c4ccccc4)cc3)C2)cc1. The Morgan fingerprint density at radius 3 is 2.25 bits per heavy atom. The lowest BCUT2D eigenvalue weighted by Crippen LogP contribution is -2.28. The minimum atomic E-state index is -0.633. The zero-order valence-corrected chi connectivity index (χ0v) is 15.5. The van der Waals surface area contributed by atoms with Crippen LogP contribution in [0, 0.1) is 0 Å². The minimum absolute atomic E-state index is 0.209. The molecule has 0 aromatic heterocycles. The van der Waals surface area contributed by atoms with Crippen LogP contribution >= 0.6 is 0 Å². The second-order valence-corrected chi connectivity index (χ2v) is 6.50. The average molecular weight is 372 g/mol. The molecule has 0 saturated carbocycles. The number of benzene rings is 3. The normalized spacial score (nSPS) is 15.5. The minimum Gasteiger partial charge on any atom is -0.497 e. The summed E-state index contributed by atoms with van der Waals surface area (Å²) in [6.45, 7) is 0. The fraction of sp³-hybridized carbons (Fsp3) is 0.130. The van der Waals surface area contributed by atoms with Crippen molar-refractivity contribution in [2.75, 3.05) is 12.4 Å². The molecule has 0 unspecified atom stereocenters. The maximum atomic E-state index is 12.5. The molecular formula is C23H20N2O3. The van der Waals surface area contributed by atoms with Crippen LogP contribution in [0.2, 0.25) is 0 Å². The van der Waals surface area contributed by atoms with E-state index in [-0.39, 0.29) is 5.91 Å². The molecule has 1 amide bonds. The van der Waals surface area contributed by atoms with Gasteiger partial charge in [0.2, 0.25) is 6.10 Å². The Hall–Kier alpha value is -3.60. The highest BCUT2D eigenvalue weighted by molar-refractivity contribution is 6.06. The Kier molecular flexibility index (Phi) is 5.06. The molecule has 5 heteroatoms. The number of anilines is 1. The lowest BCUT2D eigenvalue weighted by molar-refractivity contribution is -0.125. The lowest BCUT2D eigenvalue weighted by atomic mass is 10.0. The number of oxime groups is 1. The smallest absolute Gasteiger partial charge is 0.268 e. The van der Waals surface area contributed by atoms with E-state index in [4.69, 9.17) is 9.57 Å². The van der Waals surface area contributed by atoms with Crippen molar-refractivity contribution >= 4 is 17.3 Å². The summed E-state index contributed by atoms with van der Waals surface area (Å²) in [6.07, 6.45) is -0.203. The second kappa shape index (κ2) is 7.96. The van der Waals surface area contributed by atoms with E-state index >= 15 is 0 Å². The molecule has 5 nitrogen and oxygen atoms in total. The summed E-state index contributed by atoms with van der Waals surface area (Å²) in [5, 5.41) is 6.97. The van der Waals surface area contributed by atoms with Gasteiger partial charge in [0, 0.05) is 12.1 Å². The third kappa shape index (κ3) is 3.88. The van der Waals surface area contributed by atoms with Gasteiger partial charge in [0.05, 0.1) is 12.8 Å². The predicted octanol–water partition coefficient (Wildman–Crippen LogP) is 4.49. The summed E-state index contributed by atoms with van der Waals surface area (Å²) in [5.74, 6) is 0.566. The van der Waals surface area contributed by atoms with Crippen molar-refractivity contribution in [3.05, 3.63) is 84.4 Å². The first-order valence-electron chi connectivity index (χ1n) is 9.06. The van der Waals surface area contributed by atoms with E-state index in [2.05, 4.69) is 22.6 Å². The molecular weight excluding hydrogens is 352 g/mol. The third-order valence-corrected chi connectivity index (χ3v) is 4.64. The highest BCUT2D eigenvalue weighted by Gasteiger charge is 2.29. The standard InChI is InChI=1S/C23H20N2O3/c1-27-20-13-9-18(10-14-20)21-15-22(28-25-21)23(26)24-19-11-7-17(8-12-19)16-5-3-2-4-6-16/h2-14,22H,15H2,1H3,(H,24,26)/t22-/m0/s1. The van der Waals surface area contributed by atoms with E-state index in [0.717, 1.165) is 33.8 Å². The summed E-state index contributed by atoms with van der Waals surface area (Å²) < 4.78 is 5.16. The van der Waals surface area contributed by atoms with Crippen LogP contribution in [0.5, 0.6) is 5.75 Å². The number of nitrogens with zero attached hydrogens (tertiary/aromatic N) is 1. The van der Waals surface area contributed by atoms with E-state index in [1.165, 1.54) is 0 Å². The number of nitrogens with one attached hydrogen (secondary N) is 1. The van der Waals surface area contributed by atoms with Crippen molar-refractivity contribution in [1.82, 2.24) is 0 Å². The van der Waals surface area contributed by atoms with Crippen LogP contribution in [0.15, 0.2) is 84.0 Å². The molecule has 1 atom stereocenters. The fourth-order valence-electron chi connectivity index (χ4n) is 3.07. The van der Waals surface area contributed by atoms with Crippen molar-refractivity contribution in [3.63, 3.8) is 0 Å². The van der Waals surface area contributed by atoms with Crippen LogP contribution in [-0.4, -0.2) is 24.8 Å². The Bertz CT molecular complexity index is 981. The molecule has 28 heavy (non-hydrogen) atoms. The molecule has 3 aromatic rings. The Balaban J connectivity index is 1.37. The highest BCUT2D eigenvalue weighted by Crippen LogP contribution is 2.23. The van der Waals surface area contributed by atoms with Gasteiger partial charge in [-0.2, -0.15) is 0 Å². The molecule has 0 radical (unpaired) electrons. The molecule has 0 bridgehead atoms. The van der Waals surface area contributed by atoms with Crippen LogP contribution in [0.4, 0.5) is 5.69 Å². The maximum absolute atomic E-state index is 12.5. The van der Waals surface area contributed by atoms with Gasteiger partial charge < -0.3 is 14.9 Å². The molecule has 1 N–H and O–H groups in total. The summed E-state index contributed by atoms with van der Waals surface area (Å²) in [5.41, 5.74) is 4.63. The molecule has 0 aliphatic carbocycles. The molecule has 0 saturated heterocycles. The number of hydrogen-bond donors (Lipinski definition) is 1. The van der Waals surface area contributed by atoms with Gasteiger partial charge in [-0.15, -0.1) is 0 Å². The molecule has 1 heterocycles. The summed E-state index contributed by atoms with van der Waals surface area (Å²) in [4.78, 5) is 17.9. The summed E-state index contributed by atoms with van der Waals surface area (Å²) in [7, 11) is 1.62. The lowest BCUT2D eigenvalue weighted by Gasteiger charge is -2.10. The number of ether oxygens (including phenoxy) is 1. The van der Waals surface area contributed by atoms with Crippen LogP contribution in [0.25, 0.3) is 11.1 Å². The van der Waals surface area contributed by atoms with Crippen LogP contribution in [0.1, 0.15) is 12.0 Å². The number of hydrogen-bond acceptors (Lipinski definition) is 4. The summed E-state index contributed by atoms with van der Waals surface area (Å²) in [6, 6.07) is 25.4. The van der Waals surface area contributed by atoms with Crippen LogP contribution in [-0.2, 0) is 9.63 Å². The van der Waals surface area contributed by atoms with Gasteiger partial charge in [-0.3, -0.25) is 4.79 Å². The predicted molar refractivity (Wildman–Crippen MR) is 110 cm³/mol. The second-order valence-electron chi connectivity index (χ2n) is 6.50. The number of rotatable bonds is 5. The Morgan fingerprint density at radius 2 is 1.57 bits per heavy atom. The topological polar surface area (TPSA) is 59.9 Å². The van der Waals surface area contributed by atoms with E-state index in [9.17, 15) is 4.79 Å². The molecule has 3 aromatic carbocycles. The molecule has 0 fully saturated rings. The van der Waals surface area contributed by atoms with Gasteiger partial charge in [0.15, 0.2) is 0 Å². The number of amides is 1. The van der Waals surface area contributed by atoms with Gasteiger partial charge in [-0.1, -0.05) is 47.6 Å². The first-order chi connectivity index (χ1) is 13.7. The van der Waals surface area contributed by atoms with Crippen LogP contribution < -0.4 is 10.1 Å². The molecule has 1 aliphatic heterocycles. The van der Waals surface area contributed by atoms with Crippen molar-refractivity contribution in [3.8, 4) is 16.9 Å². The molecule has 140 valence electrons. The summed E-state index contributed by atoms with van der Waals surface area (Å²) >= 11 is 0. The van der Waals surface area contributed by atoms with E-state index in [0.29, 0.717) is 6.42 Å². The first-order valence-corrected chi connectivity index (χ1v) is 9.06. The van der Waals surface area contributed by atoms with Crippen molar-refractivity contribution < 1.29 is 14.4 Å². The van der Waals surface area contributed by atoms with Gasteiger partial charge in [-0.25, -0.2) is 0 Å². The highest BCUT2D eigenvalue weighted by atomic mass is 16.6. The van der Waals surface area contributed by atoms with Gasteiger partial charge in [0.1, 0.15) is 5.75 Å². The number of carbonyl (C=O) groups excluding carboxylic acids is 1. The van der Waals surface area contributed by atoms with E-state index in [1.54, 1.807) is 7.11 Å². The van der Waals surface area contributed by atoms with Gasteiger partial charge >= 0.3 is 0 Å².